The zero-order chi connectivity index (χ0) is 25.0. The number of halogens is 1. The summed E-state index contributed by atoms with van der Waals surface area (Å²) in [6.45, 7) is 3.58. The molecular formula is C26H25ClN4O3S. The molecule has 1 N–H and O–H groups in total. The number of carbonyl (C=O) groups excluding carboxylic acids is 1. The maximum Gasteiger partial charge on any atom is 0.264 e. The number of amides is 1. The molecule has 3 aromatic carbocycles. The number of aromatic nitrogens is 2. The molecule has 0 spiro atoms. The fourth-order valence-corrected chi connectivity index (χ4v) is 5.35. The monoisotopic (exact) mass is 508 g/mol. The van der Waals surface area contributed by atoms with E-state index in [1.54, 1.807) is 49.5 Å². The smallest absolute Gasteiger partial charge is 0.264 e. The summed E-state index contributed by atoms with van der Waals surface area (Å²) < 4.78 is 30.0. The van der Waals surface area contributed by atoms with Gasteiger partial charge in [0.2, 0.25) is 5.91 Å². The summed E-state index contributed by atoms with van der Waals surface area (Å²) in [6.07, 6.45) is 3.62. The summed E-state index contributed by atoms with van der Waals surface area (Å²) in [6, 6.07) is 20.7. The lowest BCUT2D eigenvalue weighted by molar-refractivity contribution is -0.119. The van der Waals surface area contributed by atoms with Gasteiger partial charge in [0.1, 0.15) is 12.4 Å². The lowest BCUT2D eigenvalue weighted by atomic mass is 10.2. The van der Waals surface area contributed by atoms with Crippen LogP contribution in [0.3, 0.4) is 0 Å². The van der Waals surface area contributed by atoms with Crippen LogP contribution in [0.15, 0.2) is 90.1 Å². The zero-order valence-corrected chi connectivity index (χ0v) is 20.9. The van der Waals surface area contributed by atoms with E-state index in [1.165, 1.54) is 12.1 Å². The van der Waals surface area contributed by atoms with E-state index in [-0.39, 0.29) is 18.0 Å². The van der Waals surface area contributed by atoms with Crippen molar-refractivity contribution in [3.63, 3.8) is 0 Å². The fourth-order valence-electron chi connectivity index (χ4n) is 3.68. The molecule has 0 saturated heterocycles. The highest BCUT2D eigenvalue weighted by Gasteiger charge is 2.28. The Labute approximate surface area is 210 Å². The van der Waals surface area contributed by atoms with E-state index in [1.807, 2.05) is 42.0 Å². The molecule has 0 atom stereocenters. The van der Waals surface area contributed by atoms with Crippen molar-refractivity contribution < 1.29 is 13.2 Å². The summed E-state index contributed by atoms with van der Waals surface area (Å²) in [7, 11) is -4.00. The second-order valence-corrected chi connectivity index (χ2v) is 10.3. The van der Waals surface area contributed by atoms with E-state index >= 15 is 0 Å². The fraction of sp³-hybridized carbons (Fsp3) is 0.154. The second kappa shape index (κ2) is 10.3. The molecule has 4 aromatic rings. The molecule has 35 heavy (non-hydrogen) atoms. The average molecular weight is 509 g/mol. The Hall–Kier alpha value is -3.62. The molecule has 7 nitrogen and oxygen atoms in total. The molecule has 0 radical (unpaired) electrons. The number of aryl methyl sites for hydroxylation is 2. The van der Waals surface area contributed by atoms with Crippen molar-refractivity contribution in [3.05, 3.63) is 107 Å². The second-order valence-electron chi connectivity index (χ2n) is 8.04. The van der Waals surface area contributed by atoms with Gasteiger partial charge in [-0.2, -0.15) is 0 Å². The maximum atomic E-state index is 13.5. The lowest BCUT2D eigenvalue weighted by Gasteiger charge is -2.26. The largest absolute Gasteiger partial charge is 0.350 e. The number of hydrogen-bond donors (Lipinski definition) is 1. The molecule has 0 aliphatic heterocycles. The number of rotatable bonds is 8. The lowest BCUT2D eigenvalue weighted by Crippen LogP contribution is -2.41. The van der Waals surface area contributed by atoms with Crippen molar-refractivity contribution >= 4 is 33.2 Å². The minimum absolute atomic E-state index is 0.0950. The van der Waals surface area contributed by atoms with Crippen molar-refractivity contribution in [3.8, 4) is 5.69 Å². The van der Waals surface area contributed by atoms with Gasteiger partial charge in [0.25, 0.3) is 10.0 Å². The Bertz CT molecular complexity index is 1440. The highest BCUT2D eigenvalue weighted by Crippen LogP contribution is 2.29. The van der Waals surface area contributed by atoms with Gasteiger partial charge < -0.3 is 9.88 Å². The van der Waals surface area contributed by atoms with E-state index in [0.717, 1.165) is 21.4 Å². The summed E-state index contributed by atoms with van der Waals surface area (Å²) in [5.74, 6) is 0.445. The van der Waals surface area contributed by atoms with E-state index < -0.39 is 15.9 Å². The van der Waals surface area contributed by atoms with Crippen molar-refractivity contribution in [2.45, 2.75) is 25.3 Å². The predicted octanol–water partition coefficient (Wildman–Crippen LogP) is 4.65. The Balaban J connectivity index is 1.53. The van der Waals surface area contributed by atoms with Crippen LogP contribution in [0.1, 0.15) is 17.0 Å². The van der Waals surface area contributed by atoms with Crippen LogP contribution in [0, 0.1) is 13.8 Å². The van der Waals surface area contributed by atoms with Crippen LogP contribution < -0.4 is 9.62 Å². The van der Waals surface area contributed by atoms with E-state index in [0.29, 0.717) is 16.3 Å². The quantitative estimate of drug-likeness (QED) is 0.375. The molecular weight excluding hydrogens is 484 g/mol. The number of hydrogen-bond acceptors (Lipinski definition) is 4. The predicted molar refractivity (Wildman–Crippen MR) is 137 cm³/mol. The standard InChI is InChI=1S/C26H25ClN4O3S/c1-19-8-11-22(27)16-25(19)31(35(33,34)24-6-4-3-5-7-24)18-26(32)29-17-21-9-12-23(13-10-21)30-15-14-28-20(30)2/h3-16H,17-18H2,1-2H3,(H,29,32). The minimum Gasteiger partial charge on any atom is -0.350 e. The third-order valence-corrected chi connectivity index (χ3v) is 7.60. The van der Waals surface area contributed by atoms with E-state index in [4.69, 9.17) is 11.6 Å². The van der Waals surface area contributed by atoms with Crippen LogP contribution in [0.4, 0.5) is 5.69 Å². The van der Waals surface area contributed by atoms with Crippen LogP contribution in [-0.4, -0.2) is 30.4 Å². The third kappa shape index (κ3) is 5.55. The number of benzene rings is 3. The number of nitrogens with one attached hydrogen (secondary N) is 1. The summed E-state index contributed by atoms with van der Waals surface area (Å²) >= 11 is 6.17. The number of carbonyl (C=O) groups is 1. The van der Waals surface area contributed by atoms with Gasteiger partial charge in [-0.15, -0.1) is 0 Å². The molecule has 1 aromatic heterocycles. The Morgan fingerprint density at radius 2 is 1.74 bits per heavy atom. The zero-order valence-electron chi connectivity index (χ0n) is 19.3. The van der Waals surface area contributed by atoms with Gasteiger partial charge in [-0.05, 0) is 61.4 Å². The first kappa shape index (κ1) is 24.5. The summed E-state index contributed by atoms with van der Waals surface area (Å²) in [4.78, 5) is 17.2. The van der Waals surface area contributed by atoms with E-state index in [2.05, 4.69) is 10.3 Å². The first-order chi connectivity index (χ1) is 16.8. The Morgan fingerprint density at radius 3 is 2.40 bits per heavy atom. The first-order valence-electron chi connectivity index (χ1n) is 11.0. The maximum absolute atomic E-state index is 13.5. The van der Waals surface area contributed by atoms with Gasteiger partial charge >= 0.3 is 0 Å². The van der Waals surface area contributed by atoms with Crippen LogP contribution in [0.5, 0.6) is 0 Å². The van der Waals surface area contributed by atoms with Crippen molar-refractivity contribution in [1.82, 2.24) is 14.9 Å². The number of anilines is 1. The Morgan fingerprint density at radius 1 is 1.03 bits per heavy atom. The van der Waals surface area contributed by atoms with Gasteiger partial charge in [0.15, 0.2) is 0 Å². The molecule has 9 heteroatoms. The van der Waals surface area contributed by atoms with Gasteiger partial charge in [0.05, 0.1) is 10.6 Å². The molecule has 180 valence electrons. The van der Waals surface area contributed by atoms with Gasteiger partial charge in [0, 0.05) is 29.6 Å². The average Bonchev–Trinajstić information content (AvgIpc) is 3.29. The molecule has 0 aliphatic carbocycles. The highest BCUT2D eigenvalue weighted by atomic mass is 35.5. The van der Waals surface area contributed by atoms with E-state index in [9.17, 15) is 13.2 Å². The van der Waals surface area contributed by atoms with Crippen LogP contribution in [0.2, 0.25) is 5.02 Å². The molecule has 0 bridgehead atoms. The molecule has 0 fully saturated rings. The summed E-state index contributed by atoms with van der Waals surface area (Å²) in [5.41, 5.74) is 2.89. The number of sulfonamides is 1. The van der Waals surface area contributed by atoms with Crippen molar-refractivity contribution in [2.24, 2.45) is 0 Å². The Kier molecular flexibility index (Phi) is 7.23. The highest BCUT2D eigenvalue weighted by molar-refractivity contribution is 7.92. The number of nitrogens with zero attached hydrogens (tertiary/aromatic N) is 3. The molecule has 0 unspecified atom stereocenters. The SMILES string of the molecule is Cc1ccc(Cl)cc1N(CC(=O)NCc1ccc(-n2ccnc2C)cc1)S(=O)(=O)c1ccccc1. The van der Waals surface area contributed by atoms with Crippen molar-refractivity contribution in [2.75, 3.05) is 10.8 Å². The topological polar surface area (TPSA) is 84.3 Å². The number of imidazole rings is 1. The van der Waals surface area contributed by atoms with Gasteiger partial charge in [-0.1, -0.05) is 48.0 Å². The van der Waals surface area contributed by atoms with Crippen molar-refractivity contribution in [1.29, 1.82) is 0 Å². The van der Waals surface area contributed by atoms with Crippen LogP contribution in [0.25, 0.3) is 5.69 Å². The third-order valence-electron chi connectivity index (χ3n) is 5.59. The molecule has 1 heterocycles. The summed E-state index contributed by atoms with van der Waals surface area (Å²) in [5, 5.41) is 3.21. The van der Waals surface area contributed by atoms with Gasteiger partial charge in [-0.3, -0.25) is 9.10 Å². The minimum atomic E-state index is -4.00. The normalized spacial score (nSPS) is 11.3. The molecule has 0 saturated carbocycles. The van der Waals surface area contributed by atoms with Crippen LogP contribution in [-0.2, 0) is 21.4 Å². The van der Waals surface area contributed by atoms with Gasteiger partial charge in [-0.25, -0.2) is 13.4 Å². The molecule has 1 amide bonds. The molecule has 0 aliphatic rings. The first-order valence-corrected chi connectivity index (χ1v) is 12.8. The van der Waals surface area contributed by atoms with Crippen LogP contribution >= 0.6 is 11.6 Å². The molecule has 4 rings (SSSR count).